The fraction of sp³-hybridized carbons (Fsp3) is 0.400. The number of hydrogen-bond donors (Lipinski definition) is 0. The van der Waals surface area contributed by atoms with Crippen molar-refractivity contribution in [2.45, 2.75) is 13.3 Å². The summed E-state index contributed by atoms with van der Waals surface area (Å²) < 4.78 is 0. The van der Waals surface area contributed by atoms with E-state index in [0.717, 1.165) is 6.42 Å². The van der Waals surface area contributed by atoms with E-state index >= 15 is 0 Å². The van der Waals surface area contributed by atoms with E-state index in [1.807, 2.05) is 6.92 Å². The average molecular weight is 156 g/mol. The van der Waals surface area contributed by atoms with Gasteiger partial charge in [0.15, 0.2) is 0 Å². The van der Waals surface area contributed by atoms with Crippen LogP contribution in [0.2, 0.25) is 0 Å². The molecule has 0 aromatic heterocycles. The second kappa shape index (κ2) is 9.11. The molecule has 0 aromatic carbocycles. The van der Waals surface area contributed by atoms with Crippen LogP contribution >= 0.6 is 0 Å². The minimum Gasteiger partial charge on any atom is -0.328 e. The molecule has 0 nitrogen and oxygen atoms in total. The zero-order valence-electron chi connectivity index (χ0n) is 3.99. The van der Waals surface area contributed by atoms with E-state index in [2.05, 4.69) is 18.8 Å². The van der Waals surface area contributed by atoms with Crippen LogP contribution in [0.25, 0.3) is 0 Å². The summed E-state index contributed by atoms with van der Waals surface area (Å²) in [5, 5.41) is 0. The maximum absolute atomic E-state index is 3.31. The predicted molar refractivity (Wildman–Crippen MR) is 23.4 cm³/mol. The summed E-state index contributed by atoms with van der Waals surface area (Å²) >= 11 is 0. The van der Waals surface area contributed by atoms with Gasteiger partial charge in [-0.2, -0.15) is 6.92 Å². The molecule has 1 heteroatoms. The second-order valence-electron chi connectivity index (χ2n) is 0.707. The normalized spacial score (nSPS) is 4.17. The standard InChI is InChI=1S/C5H7.Y/c1-3-5-4-2;/h1,4H2,2H3;/q-1;. The SMILES string of the molecule is [CH2-]C#CCC.[Y]. The zero-order chi connectivity index (χ0) is 4.12. The third kappa shape index (κ3) is 8.82. The maximum Gasteiger partial charge on any atom is 0 e. The van der Waals surface area contributed by atoms with Gasteiger partial charge in [-0.05, 0) is 0 Å². The third-order valence-electron chi connectivity index (χ3n) is 0.302. The molecule has 0 aliphatic rings. The predicted octanol–water partition coefficient (Wildman–Crippen LogP) is 1.23. The van der Waals surface area contributed by atoms with Gasteiger partial charge in [-0.1, -0.05) is 13.3 Å². The molecule has 0 aliphatic carbocycles. The molecule has 0 N–H and O–H groups in total. The van der Waals surface area contributed by atoms with E-state index in [-0.39, 0.29) is 32.7 Å². The van der Waals surface area contributed by atoms with Gasteiger partial charge in [-0.15, -0.1) is 0 Å². The third-order valence-corrected chi connectivity index (χ3v) is 0.302. The molecule has 0 saturated heterocycles. The van der Waals surface area contributed by atoms with Crippen molar-refractivity contribution in [2.75, 3.05) is 0 Å². The van der Waals surface area contributed by atoms with Crippen LogP contribution < -0.4 is 0 Å². The molecule has 6 heavy (non-hydrogen) atoms. The van der Waals surface area contributed by atoms with Crippen molar-refractivity contribution in [1.82, 2.24) is 0 Å². The van der Waals surface area contributed by atoms with Gasteiger partial charge < -0.3 is 5.92 Å². The first-order valence-corrected chi connectivity index (χ1v) is 1.66. The van der Waals surface area contributed by atoms with Crippen LogP contribution in [-0.2, 0) is 32.7 Å². The number of hydrogen-bond acceptors (Lipinski definition) is 0. The van der Waals surface area contributed by atoms with Gasteiger partial charge in [0.05, 0.1) is 0 Å². The van der Waals surface area contributed by atoms with E-state index < -0.39 is 0 Å². The van der Waals surface area contributed by atoms with E-state index in [4.69, 9.17) is 0 Å². The van der Waals surface area contributed by atoms with E-state index in [0.29, 0.717) is 0 Å². The smallest absolute Gasteiger partial charge is 0 e. The summed E-state index contributed by atoms with van der Waals surface area (Å²) in [6, 6.07) is 0. The first kappa shape index (κ1) is 9.73. The Hall–Kier alpha value is 0.534. The molecule has 0 unspecified atom stereocenters. The molecule has 0 aliphatic heterocycles. The molecular weight excluding hydrogens is 149 g/mol. The van der Waals surface area contributed by atoms with Crippen molar-refractivity contribution in [3.63, 3.8) is 0 Å². The average Bonchev–Trinajstić information content (AvgIpc) is 1.41. The largest absolute Gasteiger partial charge is 0.328 e. The monoisotopic (exact) mass is 156 g/mol. The van der Waals surface area contributed by atoms with Crippen molar-refractivity contribution in [3.05, 3.63) is 6.92 Å². The Morgan fingerprint density at radius 2 is 2.17 bits per heavy atom. The molecule has 0 fully saturated rings. The van der Waals surface area contributed by atoms with E-state index in [9.17, 15) is 0 Å². The Bertz CT molecular complexity index is 56.1. The van der Waals surface area contributed by atoms with Gasteiger partial charge in [0.2, 0.25) is 0 Å². The Morgan fingerprint density at radius 1 is 1.67 bits per heavy atom. The summed E-state index contributed by atoms with van der Waals surface area (Å²) in [5.41, 5.74) is 0. The summed E-state index contributed by atoms with van der Waals surface area (Å²) in [5.74, 6) is 5.27. The van der Waals surface area contributed by atoms with Gasteiger partial charge in [-0.3, -0.25) is 5.92 Å². The summed E-state index contributed by atoms with van der Waals surface area (Å²) in [7, 11) is 0. The fourth-order valence-corrected chi connectivity index (χ4v) is 0.125. The molecule has 0 saturated carbocycles. The van der Waals surface area contributed by atoms with Gasteiger partial charge in [-0.25, -0.2) is 0 Å². The molecular formula is C5H7Y-. The van der Waals surface area contributed by atoms with Crippen LogP contribution in [0.15, 0.2) is 0 Å². The molecule has 0 rings (SSSR count). The molecule has 0 amide bonds. The van der Waals surface area contributed by atoms with Crippen LogP contribution in [0.4, 0.5) is 0 Å². The first-order chi connectivity index (χ1) is 2.41. The van der Waals surface area contributed by atoms with Gasteiger partial charge in [0.25, 0.3) is 0 Å². The Labute approximate surface area is 64.6 Å². The minimum absolute atomic E-state index is 0. The topological polar surface area (TPSA) is 0 Å². The zero-order valence-corrected chi connectivity index (χ0v) is 6.83. The Kier molecular flexibility index (Phi) is 14.8. The second-order valence-corrected chi connectivity index (χ2v) is 0.707. The van der Waals surface area contributed by atoms with Crippen molar-refractivity contribution in [3.8, 4) is 11.8 Å². The first-order valence-electron chi connectivity index (χ1n) is 1.66. The molecule has 0 bridgehead atoms. The van der Waals surface area contributed by atoms with Crippen molar-refractivity contribution in [2.24, 2.45) is 0 Å². The van der Waals surface area contributed by atoms with Gasteiger partial charge in [0.1, 0.15) is 0 Å². The van der Waals surface area contributed by atoms with Crippen LogP contribution in [0.5, 0.6) is 0 Å². The number of rotatable bonds is 0. The summed E-state index contributed by atoms with van der Waals surface area (Å²) in [6.07, 6.45) is 0.920. The molecule has 1 radical (unpaired) electrons. The van der Waals surface area contributed by atoms with Crippen LogP contribution in [0, 0.1) is 18.8 Å². The summed E-state index contributed by atoms with van der Waals surface area (Å²) in [4.78, 5) is 0. The quantitative estimate of drug-likeness (QED) is 0.365. The molecule has 0 atom stereocenters. The Morgan fingerprint density at radius 3 is 2.17 bits per heavy atom. The molecule has 0 aromatic rings. The Balaban J connectivity index is 0. The van der Waals surface area contributed by atoms with Crippen LogP contribution in [0.3, 0.4) is 0 Å². The van der Waals surface area contributed by atoms with Gasteiger partial charge >= 0.3 is 0 Å². The van der Waals surface area contributed by atoms with Crippen LogP contribution in [-0.4, -0.2) is 0 Å². The van der Waals surface area contributed by atoms with E-state index in [1.165, 1.54) is 0 Å². The van der Waals surface area contributed by atoms with Gasteiger partial charge in [0, 0.05) is 32.7 Å². The fourth-order valence-electron chi connectivity index (χ4n) is 0.125. The molecule has 0 heterocycles. The molecule has 31 valence electrons. The van der Waals surface area contributed by atoms with Crippen molar-refractivity contribution in [1.29, 1.82) is 0 Å². The minimum atomic E-state index is 0. The molecule has 0 spiro atoms. The van der Waals surface area contributed by atoms with Crippen molar-refractivity contribution < 1.29 is 32.7 Å². The van der Waals surface area contributed by atoms with Crippen LogP contribution in [0.1, 0.15) is 13.3 Å². The maximum atomic E-state index is 3.31. The summed E-state index contributed by atoms with van der Waals surface area (Å²) in [6.45, 7) is 5.31. The van der Waals surface area contributed by atoms with E-state index in [1.54, 1.807) is 0 Å². The van der Waals surface area contributed by atoms with Crippen molar-refractivity contribution >= 4 is 0 Å².